The van der Waals surface area contributed by atoms with Gasteiger partial charge < -0.3 is 14.4 Å². The topological polar surface area (TPSA) is 71.1 Å². The van der Waals surface area contributed by atoms with Crippen LogP contribution in [0.15, 0.2) is 33.8 Å². The van der Waals surface area contributed by atoms with Crippen LogP contribution in [0.1, 0.15) is 33.1 Å². The summed E-state index contributed by atoms with van der Waals surface area (Å²) in [4.78, 5) is 11.6. The van der Waals surface area contributed by atoms with Crippen LogP contribution >= 0.6 is 11.6 Å². The van der Waals surface area contributed by atoms with Gasteiger partial charge in [0.05, 0.1) is 0 Å². The lowest BCUT2D eigenvalue weighted by Crippen LogP contribution is -2.39. The number of oxime groups is 1. The maximum Gasteiger partial charge on any atom is 0.261 e. The Morgan fingerprint density at radius 1 is 1.42 bits per heavy atom. The van der Waals surface area contributed by atoms with Crippen LogP contribution in [-0.4, -0.2) is 52.0 Å². The van der Waals surface area contributed by atoms with Crippen molar-refractivity contribution in [2.75, 3.05) is 19.7 Å². The minimum Gasteiger partial charge on any atom is -0.434 e. The van der Waals surface area contributed by atoms with E-state index in [0.717, 1.165) is 13.0 Å². The number of hydrogen-bond donors (Lipinski definition) is 1. The standard InChI is InChI=1S/C17H24ClN3O3/c1-4-9-21(12(2)3)10-13(22)11-23-20-16(18)17-19-14-7-5-6-8-15(14)24-17/h5-8,12-13,22H,4,9-11H2,1-3H3/b20-16-/t13-/m0/s1. The Morgan fingerprint density at radius 2 is 2.17 bits per heavy atom. The second-order valence-electron chi connectivity index (χ2n) is 5.91. The molecular formula is C17H24ClN3O3. The Bertz CT molecular complexity index is 639. The van der Waals surface area contributed by atoms with Crippen molar-refractivity contribution in [3.05, 3.63) is 30.2 Å². The molecule has 1 N–H and O–H groups in total. The van der Waals surface area contributed by atoms with Crippen LogP contribution in [0.3, 0.4) is 0 Å². The van der Waals surface area contributed by atoms with Crippen LogP contribution in [0.5, 0.6) is 0 Å². The van der Waals surface area contributed by atoms with Crippen molar-refractivity contribution in [3.63, 3.8) is 0 Å². The number of aromatic nitrogens is 1. The summed E-state index contributed by atoms with van der Waals surface area (Å²) < 4.78 is 5.49. The van der Waals surface area contributed by atoms with Gasteiger partial charge >= 0.3 is 0 Å². The van der Waals surface area contributed by atoms with Crippen molar-refractivity contribution < 1.29 is 14.4 Å². The number of nitrogens with zero attached hydrogens (tertiary/aromatic N) is 3. The summed E-state index contributed by atoms with van der Waals surface area (Å²) in [6.45, 7) is 7.84. The van der Waals surface area contributed by atoms with Crippen molar-refractivity contribution in [1.82, 2.24) is 9.88 Å². The first kappa shape index (κ1) is 18.7. The Balaban J connectivity index is 1.88. The number of oxazole rings is 1. The van der Waals surface area contributed by atoms with Gasteiger partial charge in [0.15, 0.2) is 5.58 Å². The van der Waals surface area contributed by atoms with E-state index in [4.69, 9.17) is 20.9 Å². The molecule has 0 fully saturated rings. The lowest BCUT2D eigenvalue weighted by Gasteiger charge is -2.27. The van der Waals surface area contributed by atoms with Crippen molar-refractivity contribution in [2.45, 2.75) is 39.3 Å². The van der Waals surface area contributed by atoms with Gasteiger partial charge in [-0.1, -0.05) is 35.8 Å². The highest BCUT2D eigenvalue weighted by atomic mass is 35.5. The predicted octanol–water partition coefficient (Wildman–Crippen LogP) is 3.23. The molecule has 0 aliphatic carbocycles. The number of para-hydroxylation sites is 2. The SMILES string of the molecule is CCCN(C[C@H](O)CO/N=C(\Cl)c1nc2ccccc2o1)C(C)C. The molecule has 132 valence electrons. The molecule has 0 aliphatic heterocycles. The van der Waals surface area contributed by atoms with Crippen molar-refractivity contribution >= 4 is 27.9 Å². The van der Waals surface area contributed by atoms with Crippen molar-refractivity contribution in [3.8, 4) is 0 Å². The molecular weight excluding hydrogens is 330 g/mol. The molecule has 0 aliphatic rings. The molecule has 0 bridgehead atoms. The zero-order chi connectivity index (χ0) is 17.5. The van der Waals surface area contributed by atoms with Crippen LogP contribution < -0.4 is 0 Å². The Kier molecular flexibility index (Phi) is 7.02. The Hall–Kier alpha value is -1.63. The molecule has 6 nitrogen and oxygen atoms in total. The van der Waals surface area contributed by atoms with E-state index < -0.39 is 6.10 Å². The number of benzene rings is 1. The first-order valence-corrected chi connectivity index (χ1v) is 8.52. The number of fused-ring (bicyclic) bond motifs is 1. The lowest BCUT2D eigenvalue weighted by atomic mass is 10.2. The maximum absolute atomic E-state index is 10.1. The molecule has 1 heterocycles. The molecule has 1 atom stereocenters. The summed E-state index contributed by atoms with van der Waals surface area (Å²) >= 11 is 6.04. The van der Waals surface area contributed by atoms with Crippen LogP contribution in [0.2, 0.25) is 0 Å². The third kappa shape index (κ3) is 5.19. The van der Waals surface area contributed by atoms with Gasteiger partial charge in [0, 0.05) is 12.6 Å². The summed E-state index contributed by atoms with van der Waals surface area (Å²) in [5.74, 6) is 0.196. The van der Waals surface area contributed by atoms with E-state index in [-0.39, 0.29) is 17.7 Å². The molecule has 1 aromatic heterocycles. The van der Waals surface area contributed by atoms with E-state index >= 15 is 0 Å². The zero-order valence-electron chi connectivity index (χ0n) is 14.3. The normalized spacial score (nSPS) is 13.9. The Morgan fingerprint density at radius 3 is 2.83 bits per heavy atom. The maximum atomic E-state index is 10.1. The highest BCUT2D eigenvalue weighted by Crippen LogP contribution is 2.16. The zero-order valence-corrected chi connectivity index (χ0v) is 15.0. The fourth-order valence-electron chi connectivity index (χ4n) is 2.35. The summed E-state index contributed by atoms with van der Waals surface area (Å²) in [5.41, 5.74) is 1.33. The highest BCUT2D eigenvalue weighted by Gasteiger charge is 2.15. The average molecular weight is 354 g/mol. The summed E-state index contributed by atoms with van der Waals surface area (Å²) in [6, 6.07) is 7.71. The molecule has 24 heavy (non-hydrogen) atoms. The number of halogens is 1. The van der Waals surface area contributed by atoms with Gasteiger partial charge in [0.2, 0.25) is 5.17 Å². The van der Waals surface area contributed by atoms with Gasteiger partial charge in [-0.05, 0) is 38.9 Å². The predicted molar refractivity (Wildman–Crippen MR) is 95.4 cm³/mol. The van der Waals surface area contributed by atoms with Gasteiger partial charge in [0.1, 0.15) is 18.2 Å². The minimum atomic E-state index is -0.643. The molecule has 2 rings (SSSR count). The quantitative estimate of drug-likeness (QED) is 0.553. The number of hydrogen-bond acceptors (Lipinski definition) is 6. The van der Waals surface area contributed by atoms with E-state index in [2.05, 4.69) is 35.8 Å². The van der Waals surface area contributed by atoms with Gasteiger partial charge in [-0.25, -0.2) is 4.98 Å². The number of aliphatic hydroxyl groups excluding tert-OH is 1. The molecule has 0 saturated carbocycles. The number of rotatable bonds is 9. The third-order valence-corrected chi connectivity index (χ3v) is 3.80. The molecule has 7 heteroatoms. The van der Waals surface area contributed by atoms with E-state index in [1.165, 1.54) is 0 Å². The van der Waals surface area contributed by atoms with Crippen molar-refractivity contribution in [1.29, 1.82) is 0 Å². The molecule has 0 radical (unpaired) electrons. The summed E-state index contributed by atoms with van der Waals surface area (Å²) in [6.07, 6.45) is 0.392. The highest BCUT2D eigenvalue weighted by molar-refractivity contribution is 6.68. The summed E-state index contributed by atoms with van der Waals surface area (Å²) in [5, 5.41) is 13.9. The molecule has 0 unspecified atom stereocenters. The summed E-state index contributed by atoms with van der Waals surface area (Å²) in [7, 11) is 0. The Labute approximate surface area is 147 Å². The smallest absolute Gasteiger partial charge is 0.261 e. The van der Waals surface area contributed by atoms with Crippen LogP contribution in [0.25, 0.3) is 11.1 Å². The van der Waals surface area contributed by atoms with E-state index in [1.807, 2.05) is 18.2 Å². The third-order valence-electron chi connectivity index (χ3n) is 3.57. The van der Waals surface area contributed by atoms with Gasteiger partial charge in [-0.15, -0.1) is 0 Å². The van der Waals surface area contributed by atoms with E-state index in [9.17, 15) is 5.11 Å². The first-order valence-electron chi connectivity index (χ1n) is 8.14. The second kappa shape index (κ2) is 9.01. The fraction of sp³-hybridized carbons (Fsp3) is 0.529. The fourth-order valence-corrected chi connectivity index (χ4v) is 2.48. The molecule has 0 saturated heterocycles. The van der Waals surface area contributed by atoms with Crippen LogP contribution in [-0.2, 0) is 4.84 Å². The first-order chi connectivity index (χ1) is 11.5. The second-order valence-corrected chi connectivity index (χ2v) is 6.27. The van der Waals surface area contributed by atoms with Crippen molar-refractivity contribution in [2.24, 2.45) is 5.16 Å². The minimum absolute atomic E-state index is 0.0210. The lowest BCUT2D eigenvalue weighted by molar-refractivity contribution is 0.0135. The van der Waals surface area contributed by atoms with Crippen LogP contribution in [0, 0.1) is 0 Å². The van der Waals surface area contributed by atoms with Gasteiger partial charge in [-0.3, -0.25) is 4.90 Å². The van der Waals surface area contributed by atoms with Crippen LogP contribution in [0.4, 0.5) is 0 Å². The largest absolute Gasteiger partial charge is 0.434 e. The van der Waals surface area contributed by atoms with Gasteiger partial charge in [-0.2, -0.15) is 0 Å². The monoisotopic (exact) mass is 353 g/mol. The average Bonchev–Trinajstić information content (AvgIpc) is 2.98. The van der Waals surface area contributed by atoms with E-state index in [1.54, 1.807) is 6.07 Å². The van der Waals surface area contributed by atoms with Gasteiger partial charge in [0.25, 0.3) is 5.89 Å². The number of aliphatic hydroxyl groups is 1. The molecule has 2 aromatic rings. The molecule has 0 spiro atoms. The van der Waals surface area contributed by atoms with E-state index in [0.29, 0.717) is 23.7 Å². The molecule has 0 amide bonds. The molecule has 1 aromatic carbocycles.